The summed E-state index contributed by atoms with van der Waals surface area (Å²) in [4.78, 5) is 41.0. The number of benzene rings is 2. The van der Waals surface area contributed by atoms with Gasteiger partial charge < -0.3 is 15.2 Å². The molecular weight excluding hydrogens is 436 g/mol. The fourth-order valence-electron chi connectivity index (χ4n) is 5.09. The van der Waals surface area contributed by atoms with E-state index >= 15 is 0 Å². The predicted molar refractivity (Wildman–Crippen MR) is 125 cm³/mol. The topological polar surface area (TPSA) is 105 Å². The van der Waals surface area contributed by atoms with Crippen molar-refractivity contribution in [3.63, 3.8) is 0 Å². The SMILES string of the molecule is CN(OCC(=O)O)C(=O)[C@@H]1CCCC[C@@H]1CNC(=O)OCC1c2ccccc2-c2ccccc21. The third-order valence-electron chi connectivity index (χ3n) is 6.77. The standard InChI is InChI=1S/C26H30N2O6/c1-28(34-16-24(29)30)25(31)18-9-3-2-8-17(18)14-27-26(32)33-15-23-21-12-6-4-10-19(21)20-11-5-7-13-22(20)23/h4-7,10-13,17-18,23H,2-3,8-9,14-16H2,1H3,(H,27,32)(H,29,30)/t17-,18-/m1/s1. The van der Waals surface area contributed by atoms with Crippen molar-refractivity contribution >= 4 is 18.0 Å². The Morgan fingerprint density at radius 2 is 1.62 bits per heavy atom. The van der Waals surface area contributed by atoms with Gasteiger partial charge in [-0.25, -0.2) is 14.7 Å². The van der Waals surface area contributed by atoms with Crippen LogP contribution in [0, 0.1) is 11.8 Å². The molecule has 0 radical (unpaired) electrons. The van der Waals surface area contributed by atoms with Gasteiger partial charge in [0, 0.05) is 25.4 Å². The monoisotopic (exact) mass is 466 g/mol. The summed E-state index contributed by atoms with van der Waals surface area (Å²) < 4.78 is 5.60. The summed E-state index contributed by atoms with van der Waals surface area (Å²) in [5.74, 6) is -1.81. The number of alkyl carbamates (subject to hydrolysis) is 1. The van der Waals surface area contributed by atoms with Crippen LogP contribution >= 0.6 is 0 Å². The van der Waals surface area contributed by atoms with Crippen LogP contribution in [0.5, 0.6) is 0 Å². The molecule has 0 spiro atoms. The predicted octanol–water partition coefficient (Wildman–Crippen LogP) is 3.81. The number of ether oxygens (including phenoxy) is 1. The van der Waals surface area contributed by atoms with Gasteiger partial charge in [-0.2, -0.15) is 0 Å². The van der Waals surface area contributed by atoms with Crippen LogP contribution in [0.1, 0.15) is 42.7 Å². The van der Waals surface area contributed by atoms with Crippen molar-refractivity contribution in [3.8, 4) is 11.1 Å². The summed E-state index contributed by atoms with van der Waals surface area (Å²) in [6.07, 6.45) is 2.85. The van der Waals surface area contributed by atoms with Crippen LogP contribution in [0.25, 0.3) is 11.1 Å². The first-order valence-electron chi connectivity index (χ1n) is 11.7. The van der Waals surface area contributed by atoms with Gasteiger partial charge in [0.2, 0.25) is 5.91 Å². The van der Waals surface area contributed by atoms with Gasteiger partial charge in [0.25, 0.3) is 0 Å². The van der Waals surface area contributed by atoms with Crippen LogP contribution in [0.4, 0.5) is 4.79 Å². The Balaban J connectivity index is 1.32. The molecule has 1 saturated carbocycles. The molecule has 0 heterocycles. The normalized spacial score (nSPS) is 19.1. The number of hydrogen-bond acceptors (Lipinski definition) is 5. The van der Waals surface area contributed by atoms with Gasteiger partial charge in [0.05, 0.1) is 0 Å². The van der Waals surface area contributed by atoms with Crippen molar-refractivity contribution < 1.29 is 29.1 Å². The van der Waals surface area contributed by atoms with E-state index in [9.17, 15) is 14.4 Å². The van der Waals surface area contributed by atoms with Crippen molar-refractivity contribution in [1.29, 1.82) is 0 Å². The molecule has 180 valence electrons. The highest BCUT2D eigenvalue weighted by molar-refractivity contribution is 5.79. The molecule has 34 heavy (non-hydrogen) atoms. The molecule has 2 aliphatic rings. The Labute approximate surface area is 198 Å². The van der Waals surface area contributed by atoms with E-state index in [2.05, 4.69) is 29.6 Å². The Morgan fingerprint density at radius 1 is 1.00 bits per heavy atom. The number of carboxylic acids is 1. The minimum Gasteiger partial charge on any atom is -0.479 e. The van der Waals surface area contributed by atoms with Gasteiger partial charge in [0.15, 0.2) is 6.61 Å². The van der Waals surface area contributed by atoms with Gasteiger partial charge >= 0.3 is 12.1 Å². The summed E-state index contributed by atoms with van der Waals surface area (Å²) in [7, 11) is 1.43. The molecule has 8 heteroatoms. The van der Waals surface area contributed by atoms with Gasteiger partial charge in [0.1, 0.15) is 6.61 Å². The van der Waals surface area contributed by atoms with Crippen molar-refractivity contribution in [2.24, 2.45) is 11.8 Å². The zero-order valence-corrected chi connectivity index (χ0v) is 19.2. The molecule has 4 rings (SSSR count). The first-order valence-corrected chi connectivity index (χ1v) is 11.7. The number of hydrogen-bond donors (Lipinski definition) is 2. The molecule has 2 aliphatic carbocycles. The van der Waals surface area contributed by atoms with E-state index in [1.165, 1.54) is 18.2 Å². The first-order chi connectivity index (χ1) is 16.5. The van der Waals surface area contributed by atoms with Crippen LogP contribution < -0.4 is 5.32 Å². The largest absolute Gasteiger partial charge is 0.479 e. The van der Waals surface area contributed by atoms with E-state index in [1.54, 1.807) is 0 Å². The van der Waals surface area contributed by atoms with Crippen LogP contribution in [0.15, 0.2) is 48.5 Å². The molecule has 0 unspecified atom stereocenters. The lowest BCUT2D eigenvalue weighted by molar-refractivity contribution is -0.191. The number of aliphatic carboxylic acids is 1. The lowest BCUT2D eigenvalue weighted by Crippen LogP contribution is -2.43. The van der Waals surface area contributed by atoms with Crippen LogP contribution in [0.3, 0.4) is 0 Å². The summed E-state index contributed by atoms with van der Waals surface area (Å²) in [5.41, 5.74) is 4.65. The number of carboxylic acid groups (broad SMARTS) is 1. The lowest BCUT2D eigenvalue weighted by Gasteiger charge is -2.32. The maximum atomic E-state index is 12.8. The fourth-order valence-corrected chi connectivity index (χ4v) is 5.09. The minimum atomic E-state index is -1.14. The quantitative estimate of drug-likeness (QED) is 0.574. The molecule has 0 bridgehead atoms. The summed E-state index contributed by atoms with van der Waals surface area (Å²) in [5, 5.41) is 12.6. The van der Waals surface area contributed by atoms with Gasteiger partial charge in [-0.3, -0.25) is 9.63 Å². The summed E-state index contributed by atoms with van der Waals surface area (Å²) in [6, 6.07) is 16.3. The molecule has 2 aromatic rings. The van der Waals surface area contributed by atoms with Crippen LogP contribution in [0.2, 0.25) is 0 Å². The Hall–Kier alpha value is -3.39. The van der Waals surface area contributed by atoms with E-state index < -0.39 is 18.7 Å². The van der Waals surface area contributed by atoms with E-state index in [4.69, 9.17) is 14.7 Å². The Kier molecular flexibility index (Phi) is 7.47. The lowest BCUT2D eigenvalue weighted by atomic mass is 9.78. The van der Waals surface area contributed by atoms with Gasteiger partial charge in [-0.1, -0.05) is 61.4 Å². The van der Waals surface area contributed by atoms with Crippen molar-refractivity contribution in [3.05, 3.63) is 59.7 Å². The van der Waals surface area contributed by atoms with Crippen LogP contribution in [-0.4, -0.2) is 54.9 Å². The molecule has 0 saturated heterocycles. The maximum Gasteiger partial charge on any atom is 0.407 e. The number of carbonyl (C=O) groups excluding carboxylic acids is 2. The van der Waals surface area contributed by atoms with Crippen molar-refractivity contribution in [2.75, 3.05) is 26.8 Å². The number of rotatable bonds is 8. The van der Waals surface area contributed by atoms with E-state index in [0.29, 0.717) is 13.0 Å². The average Bonchev–Trinajstić information content (AvgIpc) is 3.18. The highest BCUT2D eigenvalue weighted by atomic mass is 16.7. The Bertz CT molecular complexity index is 1010. The average molecular weight is 467 g/mol. The summed E-state index contributed by atoms with van der Waals surface area (Å²) >= 11 is 0. The Morgan fingerprint density at radius 3 is 2.26 bits per heavy atom. The number of nitrogens with zero attached hydrogens (tertiary/aromatic N) is 1. The maximum absolute atomic E-state index is 12.8. The minimum absolute atomic E-state index is 0.0119. The highest BCUT2D eigenvalue weighted by Crippen LogP contribution is 2.44. The molecule has 2 amide bonds. The smallest absolute Gasteiger partial charge is 0.407 e. The molecule has 0 aromatic heterocycles. The highest BCUT2D eigenvalue weighted by Gasteiger charge is 2.34. The second-order valence-electron chi connectivity index (χ2n) is 8.86. The molecule has 0 aliphatic heterocycles. The van der Waals surface area contributed by atoms with Crippen LogP contribution in [-0.2, 0) is 19.2 Å². The van der Waals surface area contributed by atoms with E-state index in [1.807, 2.05) is 24.3 Å². The molecular formula is C26H30N2O6. The van der Waals surface area contributed by atoms with Gasteiger partial charge in [-0.15, -0.1) is 0 Å². The molecule has 8 nitrogen and oxygen atoms in total. The zero-order chi connectivity index (χ0) is 24.1. The molecule has 1 fully saturated rings. The summed E-state index contributed by atoms with van der Waals surface area (Å²) in [6.45, 7) is -0.0177. The number of nitrogens with one attached hydrogen (secondary N) is 1. The number of fused-ring (bicyclic) bond motifs is 3. The first kappa shape index (κ1) is 23.8. The van der Waals surface area contributed by atoms with Crippen molar-refractivity contribution in [1.82, 2.24) is 10.4 Å². The third kappa shape index (κ3) is 5.22. The van der Waals surface area contributed by atoms with E-state index in [0.717, 1.165) is 35.5 Å². The third-order valence-corrected chi connectivity index (χ3v) is 6.77. The number of amides is 2. The second-order valence-corrected chi connectivity index (χ2v) is 8.86. The molecule has 2 atom stereocenters. The number of carbonyl (C=O) groups is 3. The zero-order valence-electron chi connectivity index (χ0n) is 19.2. The second kappa shape index (κ2) is 10.7. The molecule has 2 aromatic carbocycles. The number of hydroxylamine groups is 2. The van der Waals surface area contributed by atoms with E-state index in [-0.39, 0.29) is 30.3 Å². The van der Waals surface area contributed by atoms with Crippen molar-refractivity contribution in [2.45, 2.75) is 31.6 Å². The molecule has 2 N–H and O–H groups in total. The van der Waals surface area contributed by atoms with Gasteiger partial charge in [-0.05, 0) is 41.0 Å². The fraction of sp³-hybridized carbons (Fsp3) is 0.423.